The lowest BCUT2D eigenvalue weighted by atomic mass is 10.0. The van der Waals surface area contributed by atoms with Gasteiger partial charge in [-0.3, -0.25) is 4.90 Å². The molecule has 0 aliphatic rings. The Morgan fingerprint density at radius 2 is 1.60 bits per heavy atom. The van der Waals surface area contributed by atoms with Crippen molar-refractivity contribution in [2.45, 2.75) is 19.1 Å². The average molecular weight is 396 g/mol. The van der Waals surface area contributed by atoms with Crippen molar-refractivity contribution in [3.8, 4) is 12.1 Å². The fourth-order valence-electron chi connectivity index (χ4n) is 2.97. The van der Waals surface area contributed by atoms with Crippen molar-refractivity contribution < 1.29 is 9.53 Å². The summed E-state index contributed by atoms with van der Waals surface area (Å²) < 4.78 is 5.51. The second-order valence-electron chi connectivity index (χ2n) is 6.61. The Hall–Kier alpha value is -4.29. The van der Waals surface area contributed by atoms with Gasteiger partial charge in [-0.05, 0) is 41.0 Å². The number of hydrogen-bond acceptors (Lipinski definition) is 5. The van der Waals surface area contributed by atoms with Crippen LogP contribution in [0.3, 0.4) is 0 Å². The normalized spacial score (nSPS) is 11.0. The molecule has 0 saturated heterocycles. The number of nitrogen functional groups attached to an aromatic ring is 1. The zero-order valence-corrected chi connectivity index (χ0v) is 16.2. The molecule has 0 saturated carbocycles. The van der Waals surface area contributed by atoms with Crippen LogP contribution in [-0.2, 0) is 17.8 Å². The first-order chi connectivity index (χ1) is 14.6. The van der Waals surface area contributed by atoms with Crippen LogP contribution in [0.25, 0.3) is 0 Å². The number of carbonyl (C=O) groups excluding carboxylic acids is 1. The van der Waals surface area contributed by atoms with Crippen molar-refractivity contribution in [1.29, 1.82) is 10.5 Å². The Kier molecular flexibility index (Phi) is 6.66. The van der Waals surface area contributed by atoms with Gasteiger partial charge in [-0.1, -0.05) is 54.6 Å². The fourth-order valence-corrected chi connectivity index (χ4v) is 2.97. The van der Waals surface area contributed by atoms with E-state index < -0.39 is 12.1 Å². The molecule has 0 fully saturated rings. The SMILES string of the molecule is N#CCc1ccc(N(C(=O)OCc2ccccc2)C(C#N)c2ccc(N)cc2)cc1. The number of nitrogens with two attached hydrogens (primary N) is 1. The van der Waals surface area contributed by atoms with Gasteiger partial charge in [-0.15, -0.1) is 0 Å². The molecule has 0 aromatic heterocycles. The zero-order valence-electron chi connectivity index (χ0n) is 16.2. The van der Waals surface area contributed by atoms with E-state index in [1.807, 2.05) is 30.3 Å². The molecule has 0 aliphatic heterocycles. The van der Waals surface area contributed by atoms with Gasteiger partial charge in [0.05, 0.1) is 18.6 Å². The number of hydrogen-bond donors (Lipinski definition) is 1. The average Bonchev–Trinajstić information content (AvgIpc) is 2.78. The highest BCUT2D eigenvalue weighted by Crippen LogP contribution is 2.29. The Morgan fingerprint density at radius 1 is 0.933 bits per heavy atom. The summed E-state index contributed by atoms with van der Waals surface area (Å²) in [6.07, 6.45) is -0.381. The topological polar surface area (TPSA) is 103 Å². The van der Waals surface area contributed by atoms with Crippen LogP contribution in [0, 0.1) is 22.7 Å². The maximum absolute atomic E-state index is 13.0. The summed E-state index contributed by atoms with van der Waals surface area (Å²) in [5.74, 6) is 0. The molecule has 0 aliphatic carbocycles. The monoisotopic (exact) mass is 396 g/mol. The highest BCUT2D eigenvalue weighted by molar-refractivity contribution is 5.89. The fraction of sp³-hybridized carbons (Fsp3) is 0.125. The van der Waals surface area contributed by atoms with Crippen molar-refractivity contribution in [2.75, 3.05) is 10.6 Å². The summed E-state index contributed by atoms with van der Waals surface area (Å²) in [5.41, 5.74) is 9.10. The summed E-state index contributed by atoms with van der Waals surface area (Å²) in [6, 6.07) is 26.4. The lowest BCUT2D eigenvalue weighted by Crippen LogP contribution is -2.35. The molecule has 30 heavy (non-hydrogen) atoms. The number of amides is 1. The van der Waals surface area contributed by atoms with Gasteiger partial charge in [0.1, 0.15) is 6.61 Å². The standard InChI is InChI=1S/C24H20N4O2/c25-15-14-18-6-12-22(13-7-18)28(23(16-26)20-8-10-21(27)11-9-20)24(29)30-17-19-4-2-1-3-5-19/h1-13,23H,14,17,27H2. The Morgan fingerprint density at radius 3 is 2.20 bits per heavy atom. The van der Waals surface area contributed by atoms with Crippen molar-refractivity contribution in [3.63, 3.8) is 0 Å². The van der Waals surface area contributed by atoms with E-state index in [1.54, 1.807) is 48.5 Å². The number of anilines is 2. The molecule has 0 spiro atoms. The van der Waals surface area contributed by atoms with Gasteiger partial charge in [0.15, 0.2) is 6.04 Å². The van der Waals surface area contributed by atoms with Crippen LogP contribution in [0.1, 0.15) is 22.7 Å². The number of carbonyl (C=O) groups is 1. The second kappa shape index (κ2) is 9.77. The molecule has 3 aromatic carbocycles. The third-order valence-corrected chi connectivity index (χ3v) is 4.53. The minimum atomic E-state index is -0.907. The second-order valence-corrected chi connectivity index (χ2v) is 6.61. The van der Waals surface area contributed by atoms with E-state index in [1.165, 1.54) is 4.90 Å². The number of ether oxygens (including phenoxy) is 1. The predicted molar refractivity (Wildman–Crippen MR) is 114 cm³/mol. The summed E-state index contributed by atoms with van der Waals surface area (Å²) in [5, 5.41) is 18.8. The van der Waals surface area contributed by atoms with Crippen molar-refractivity contribution in [3.05, 3.63) is 95.6 Å². The number of rotatable bonds is 6. The highest BCUT2D eigenvalue weighted by atomic mass is 16.6. The molecule has 0 bridgehead atoms. The third-order valence-electron chi connectivity index (χ3n) is 4.53. The van der Waals surface area contributed by atoms with Gasteiger partial charge in [0, 0.05) is 11.4 Å². The minimum absolute atomic E-state index is 0.0859. The molecule has 3 rings (SSSR count). The molecule has 3 aromatic rings. The van der Waals surface area contributed by atoms with E-state index in [4.69, 9.17) is 15.7 Å². The van der Waals surface area contributed by atoms with E-state index >= 15 is 0 Å². The predicted octanol–water partition coefficient (Wildman–Crippen LogP) is 4.74. The largest absolute Gasteiger partial charge is 0.444 e. The Bertz CT molecular complexity index is 1070. The minimum Gasteiger partial charge on any atom is -0.444 e. The van der Waals surface area contributed by atoms with Crippen molar-refractivity contribution >= 4 is 17.5 Å². The van der Waals surface area contributed by atoms with Crippen LogP contribution in [0.4, 0.5) is 16.2 Å². The van der Waals surface area contributed by atoms with E-state index in [9.17, 15) is 10.1 Å². The van der Waals surface area contributed by atoms with Crippen LogP contribution >= 0.6 is 0 Å². The molecule has 1 unspecified atom stereocenters. The summed E-state index contributed by atoms with van der Waals surface area (Å²) >= 11 is 0. The molecule has 6 nitrogen and oxygen atoms in total. The van der Waals surface area contributed by atoms with Gasteiger partial charge in [-0.25, -0.2) is 4.79 Å². The molecule has 148 valence electrons. The number of benzene rings is 3. The number of nitriles is 2. The van der Waals surface area contributed by atoms with Gasteiger partial charge in [-0.2, -0.15) is 10.5 Å². The molecule has 0 radical (unpaired) electrons. The van der Waals surface area contributed by atoms with Crippen LogP contribution in [-0.4, -0.2) is 6.09 Å². The van der Waals surface area contributed by atoms with E-state index in [2.05, 4.69) is 12.1 Å². The Labute approximate surface area is 175 Å². The van der Waals surface area contributed by atoms with Crippen molar-refractivity contribution in [1.82, 2.24) is 0 Å². The van der Waals surface area contributed by atoms with Crippen LogP contribution in [0.15, 0.2) is 78.9 Å². The highest BCUT2D eigenvalue weighted by Gasteiger charge is 2.28. The molecular weight excluding hydrogens is 376 g/mol. The van der Waals surface area contributed by atoms with Crippen LogP contribution in [0.2, 0.25) is 0 Å². The summed E-state index contributed by atoms with van der Waals surface area (Å²) in [4.78, 5) is 14.4. The van der Waals surface area contributed by atoms with E-state index in [-0.39, 0.29) is 13.0 Å². The molecular formula is C24H20N4O2. The van der Waals surface area contributed by atoms with Gasteiger partial charge in [0.25, 0.3) is 0 Å². The maximum atomic E-state index is 13.0. The van der Waals surface area contributed by atoms with Crippen LogP contribution in [0.5, 0.6) is 0 Å². The van der Waals surface area contributed by atoms with Gasteiger partial charge >= 0.3 is 6.09 Å². The van der Waals surface area contributed by atoms with E-state index in [0.29, 0.717) is 16.9 Å². The zero-order chi connectivity index (χ0) is 21.3. The lowest BCUT2D eigenvalue weighted by molar-refractivity contribution is 0.146. The lowest BCUT2D eigenvalue weighted by Gasteiger charge is -2.27. The molecule has 1 amide bonds. The number of nitrogens with zero attached hydrogens (tertiary/aromatic N) is 3. The molecule has 2 N–H and O–H groups in total. The first kappa shape index (κ1) is 20.4. The van der Waals surface area contributed by atoms with Crippen LogP contribution < -0.4 is 10.6 Å². The summed E-state index contributed by atoms with van der Waals surface area (Å²) in [6.45, 7) is 0.0859. The first-order valence-electron chi connectivity index (χ1n) is 9.33. The Balaban J connectivity index is 1.92. The summed E-state index contributed by atoms with van der Waals surface area (Å²) in [7, 11) is 0. The first-order valence-corrected chi connectivity index (χ1v) is 9.33. The molecule has 1 atom stereocenters. The third kappa shape index (κ3) is 4.95. The van der Waals surface area contributed by atoms with Gasteiger partial charge < -0.3 is 10.5 Å². The maximum Gasteiger partial charge on any atom is 0.416 e. The molecule has 0 heterocycles. The van der Waals surface area contributed by atoms with Crippen molar-refractivity contribution in [2.24, 2.45) is 0 Å². The molecule has 6 heteroatoms. The van der Waals surface area contributed by atoms with Gasteiger partial charge in [0.2, 0.25) is 0 Å². The van der Waals surface area contributed by atoms with E-state index in [0.717, 1.165) is 11.1 Å². The quantitative estimate of drug-likeness (QED) is 0.606. The smallest absolute Gasteiger partial charge is 0.416 e.